The summed E-state index contributed by atoms with van der Waals surface area (Å²) in [6, 6.07) is 7.47. The minimum atomic E-state index is -0.624. The Morgan fingerprint density at radius 3 is 2.47 bits per heavy atom. The van der Waals surface area contributed by atoms with E-state index in [1.54, 1.807) is 0 Å². The maximum atomic E-state index is 11.7. The Balaban J connectivity index is 0.00000133. The first-order chi connectivity index (χ1) is 8.66. The molecule has 3 N–H and O–H groups in total. The Bertz CT molecular complexity index is 453. The van der Waals surface area contributed by atoms with Crippen molar-refractivity contribution in [3.05, 3.63) is 24.3 Å². The predicted molar refractivity (Wildman–Crippen MR) is 76.7 cm³/mol. The van der Waals surface area contributed by atoms with Gasteiger partial charge in [-0.1, -0.05) is 0 Å². The molecule has 0 bridgehead atoms. The number of nitrogens with two attached hydrogens (primary N) is 1. The van der Waals surface area contributed by atoms with E-state index in [4.69, 9.17) is 10.5 Å². The first-order valence-electron chi connectivity index (χ1n) is 6.49. The van der Waals surface area contributed by atoms with Crippen LogP contribution in [0.1, 0.15) is 25.7 Å². The van der Waals surface area contributed by atoms with Gasteiger partial charge in [-0.15, -0.1) is 12.4 Å². The van der Waals surface area contributed by atoms with E-state index in [-0.39, 0.29) is 18.3 Å². The summed E-state index contributed by atoms with van der Waals surface area (Å²) >= 11 is 0. The lowest BCUT2D eigenvalue weighted by Crippen LogP contribution is -2.37. The molecule has 104 valence electrons. The molecule has 2 fully saturated rings. The fourth-order valence-corrected chi connectivity index (χ4v) is 1.75. The SMILES string of the molecule is Cl.NC1(C(=O)Nc2ccc(OCC3CC3)cc2)CC1. The highest BCUT2D eigenvalue weighted by Crippen LogP contribution is 2.33. The molecule has 1 aromatic rings. The molecule has 2 aliphatic carbocycles. The summed E-state index contributed by atoms with van der Waals surface area (Å²) in [6.07, 6.45) is 4.13. The lowest BCUT2D eigenvalue weighted by atomic mass is 10.2. The third-order valence-electron chi connectivity index (χ3n) is 3.54. The summed E-state index contributed by atoms with van der Waals surface area (Å²) in [5, 5.41) is 2.83. The van der Waals surface area contributed by atoms with Crippen molar-refractivity contribution in [3.63, 3.8) is 0 Å². The minimum absolute atomic E-state index is 0. The molecular weight excluding hydrogens is 264 g/mol. The molecule has 0 aliphatic heterocycles. The highest BCUT2D eigenvalue weighted by atomic mass is 35.5. The van der Waals surface area contributed by atoms with Gasteiger partial charge >= 0.3 is 0 Å². The molecule has 1 aromatic carbocycles. The number of hydrogen-bond acceptors (Lipinski definition) is 3. The van der Waals surface area contributed by atoms with Gasteiger partial charge in [0.1, 0.15) is 5.75 Å². The average Bonchev–Trinajstić information content (AvgIpc) is 3.25. The molecule has 19 heavy (non-hydrogen) atoms. The van der Waals surface area contributed by atoms with Crippen LogP contribution in [-0.4, -0.2) is 18.1 Å². The first-order valence-corrected chi connectivity index (χ1v) is 6.49. The zero-order valence-electron chi connectivity index (χ0n) is 10.7. The summed E-state index contributed by atoms with van der Waals surface area (Å²) in [4.78, 5) is 11.7. The van der Waals surface area contributed by atoms with Crippen molar-refractivity contribution in [1.29, 1.82) is 0 Å². The zero-order chi connectivity index (χ0) is 12.6. The molecule has 2 aliphatic rings. The highest BCUT2D eigenvalue weighted by molar-refractivity contribution is 6.00. The Morgan fingerprint density at radius 1 is 1.32 bits per heavy atom. The van der Waals surface area contributed by atoms with Crippen LogP contribution in [0.4, 0.5) is 5.69 Å². The number of carbonyl (C=O) groups excluding carboxylic acids is 1. The van der Waals surface area contributed by atoms with Gasteiger partial charge in [0.2, 0.25) is 5.91 Å². The molecule has 0 heterocycles. The van der Waals surface area contributed by atoms with Crippen LogP contribution in [0.15, 0.2) is 24.3 Å². The molecule has 0 aromatic heterocycles. The van der Waals surface area contributed by atoms with Gasteiger partial charge in [-0.3, -0.25) is 4.79 Å². The molecule has 0 radical (unpaired) electrons. The summed E-state index contributed by atoms with van der Waals surface area (Å²) in [7, 11) is 0. The number of halogens is 1. The van der Waals surface area contributed by atoms with Crippen molar-refractivity contribution in [2.24, 2.45) is 11.7 Å². The van der Waals surface area contributed by atoms with Crippen molar-refractivity contribution in [3.8, 4) is 5.75 Å². The molecule has 0 saturated heterocycles. The average molecular weight is 283 g/mol. The smallest absolute Gasteiger partial charge is 0.244 e. The molecule has 3 rings (SSSR count). The molecule has 0 spiro atoms. The summed E-state index contributed by atoms with van der Waals surface area (Å²) in [5.41, 5.74) is 5.97. The third kappa shape index (κ3) is 3.61. The Kier molecular flexibility index (Phi) is 4.02. The van der Waals surface area contributed by atoms with E-state index in [0.29, 0.717) is 0 Å². The van der Waals surface area contributed by atoms with E-state index in [1.807, 2.05) is 24.3 Å². The van der Waals surface area contributed by atoms with E-state index in [9.17, 15) is 4.79 Å². The van der Waals surface area contributed by atoms with Crippen LogP contribution in [0.3, 0.4) is 0 Å². The normalized spacial score (nSPS) is 19.2. The molecule has 0 unspecified atom stereocenters. The second kappa shape index (κ2) is 5.39. The maximum absolute atomic E-state index is 11.7. The fourth-order valence-electron chi connectivity index (χ4n) is 1.75. The van der Waals surface area contributed by atoms with Crippen molar-refractivity contribution >= 4 is 24.0 Å². The molecule has 0 atom stereocenters. The van der Waals surface area contributed by atoms with Gasteiger partial charge in [0, 0.05) is 5.69 Å². The molecule has 1 amide bonds. The number of benzene rings is 1. The third-order valence-corrected chi connectivity index (χ3v) is 3.54. The number of hydrogen-bond donors (Lipinski definition) is 2. The van der Waals surface area contributed by atoms with Crippen LogP contribution in [0.2, 0.25) is 0 Å². The summed E-state index contributed by atoms with van der Waals surface area (Å²) < 4.78 is 5.63. The molecule has 5 heteroatoms. The van der Waals surface area contributed by atoms with E-state index >= 15 is 0 Å². The van der Waals surface area contributed by atoms with Gasteiger partial charge < -0.3 is 15.8 Å². The lowest BCUT2D eigenvalue weighted by molar-refractivity contribution is -0.118. The topological polar surface area (TPSA) is 64.4 Å². The minimum Gasteiger partial charge on any atom is -0.493 e. The van der Waals surface area contributed by atoms with Crippen LogP contribution in [-0.2, 0) is 4.79 Å². The van der Waals surface area contributed by atoms with E-state index < -0.39 is 5.54 Å². The number of nitrogens with one attached hydrogen (secondary N) is 1. The van der Waals surface area contributed by atoms with Crippen molar-refractivity contribution in [2.75, 3.05) is 11.9 Å². The van der Waals surface area contributed by atoms with Crippen LogP contribution >= 0.6 is 12.4 Å². The number of amides is 1. The Hall–Kier alpha value is -1.26. The maximum Gasteiger partial charge on any atom is 0.244 e. The predicted octanol–water partition coefficient (Wildman–Crippen LogP) is 2.33. The van der Waals surface area contributed by atoms with Gasteiger partial charge in [-0.05, 0) is 55.9 Å². The largest absolute Gasteiger partial charge is 0.493 e. The quantitative estimate of drug-likeness (QED) is 0.871. The number of carbonyl (C=O) groups is 1. The lowest BCUT2D eigenvalue weighted by Gasteiger charge is -2.11. The van der Waals surface area contributed by atoms with Crippen molar-refractivity contribution in [2.45, 2.75) is 31.2 Å². The number of ether oxygens (including phenoxy) is 1. The van der Waals surface area contributed by atoms with Crippen LogP contribution < -0.4 is 15.8 Å². The van der Waals surface area contributed by atoms with E-state index in [1.165, 1.54) is 12.8 Å². The molecular formula is C14H19ClN2O2. The Morgan fingerprint density at radius 2 is 1.95 bits per heavy atom. The van der Waals surface area contributed by atoms with Gasteiger partial charge in [0.25, 0.3) is 0 Å². The second-order valence-corrected chi connectivity index (χ2v) is 5.39. The monoisotopic (exact) mass is 282 g/mol. The number of rotatable bonds is 5. The fraction of sp³-hybridized carbons (Fsp3) is 0.500. The van der Waals surface area contributed by atoms with Gasteiger partial charge in [-0.2, -0.15) is 0 Å². The van der Waals surface area contributed by atoms with Crippen LogP contribution in [0.5, 0.6) is 5.75 Å². The Labute approximate surface area is 119 Å². The van der Waals surface area contributed by atoms with Gasteiger partial charge in [0.05, 0.1) is 12.1 Å². The van der Waals surface area contributed by atoms with Crippen molar-refractivity contribution in [1.82, 2.24) is 0 Å². The van der Waals surface area contributed by atoms with Gasteiger partial charge in [-0.25, -0.2) is 0 Å². The second-order valence-electron chi connectivity index (χ2n) is 5.39. The summed E-state index contributed by atoms with van der Waals surface area (Å²) in [6.45, 7) is 0.803. The van der Waals surface area contributed by atoms with E-state index in [2.05, 4.69) is 5.32 Å². The van der Waals surface area contributed by atoms with Crippen molar-refractivity contribution < 1.29 is 9.53 Å². The van der Waals surface area contributed by atoms with Crippen LogP contribution in [0.25, 0.3) is 0 Å². The summed E-state index contributed by atoms with van der Waals surface area (Å²) in [5.74, 6) is 1.51. The van der Waals surface area contributed by atoms with Gasteiger partial charge in [0.15, 0.2) is 0 Å². The molecule has 2 saturated carbocycles. The first kappa shape index (κ1) is 14.2. The number of anilines is 1. The zero-order valence-corrected chi connectivity index (χ0v) is 11.5. The highest BCUT2D eigenvalue weighted by Gasteiger charge is 2.45. The standard InChI is InChI=1S/C14H18N2O2.ClH/c15-14(7-8-14)13(17)16-11-3-5-12(6-4-11)18-9-10-1-2-10;/h3-6,10H,1-2,7-9,15H2,(H,16,17);1H. The molecule has 4 nitrogen and oxygen atoms in total. The van der Waals surface area contributed by atoms with E-state index in [0.717, 1.165) is 36.8 Å². The van der Waals surface area contributed by atoms with Crippen LogP contribution in [0, 0.1) is 5.92 Å².